The normalized spacial score (nSPS) is 17.8. The lowest BCUT2D eigenvalue weighted by molar-refractivity contribution is 0.251. The van der Waals surface area contributed by atoms with Crippen molar-refractivity contribution < 1.29 is 9.15 Å². The maximum absolute atomic E-state index is 12.9. The van der Waals surface area contributed by atoms with Gasteiger partial charge in [-0.05, 0) is 57.5 Å². The van der Waals surface area contributed by atoms with Gasteiger partial charge in [-0.15, -0.1) is 12.4 Å². The van der Waals surface area contributed by atoms with Gasteiger partial charge in [0.2, 0.25) is 0 Å². The first kappa shape index (κ1) is 22.8. The Hall–Kier alpha value is -2.35. The van der Waals surface area contributed by atoms with E-state index in [2.05, 4.69) is 21.8 Å². The number of fused-ring (bicyclic) bond motifs is 1. The van der Waals surface area contributed by atoms with E-state index in [4.69, 9.17) is 9.15 Å². The van der Waals surface area contributed by atoms with E-state index in [9.17, 15) is 4.79 Å². The Morgan fingerprint density at radius 2 is 2.00 bits per heavy atom. The minimum Gasteiger partial charge on any atom is -0.491 e. The average Bonchev–Trinajstić information content (AvgIpc) is 3.54. The Morgan fingerprint density at radius 3 is 2.81 bits per heavy atom. The van der Waals surface area contributed by atoms with E-state index in [1.54, 1.807) is 24.0 Å². The summed E-state index contributed by atoms with van der Waals surface area (Å²) in [5.74, 6) is 2.22. The zero-order valence-electron chi connectivity index (χ0n) is 18.7. The summed E-state index contributed by atoms with van der Waals surface area (Å²) < 4.78 is 14.0. The third-order valence-corrected chi connectivity index (χ3v) is 6.34. The molecule has 0 radical (unpaired) electrons. The zero-order chi connectivity index (χ0) is 21.4. The molecule has 3 aromatic heterocycles. The van der Waals surface area contributed by atoms with Crippen LogP contribution in [0.25, 0.3) is 22.1 Å². The number of aromatic nitrogens is 2. The number of likely N-dealkylation sites (N-methyl/N-ethyl adjacent to an activating group) is 1. The van der Waals surface area contributed by atoms with Crippen molar-refractivity contribution in [3.05, 3.63) is 46.8 Å². The minimum absolute atomic E-state index is 0. The molecule has 1 saturated heterocycles. The van der Waals surface area contributed by atoms with Crippen molar-refractivity contribution >= 4 is 23.4 Å². The van der Waals surface area contributed by atoms with E-state index in [1.165, 1.54) is 12.8 Å². The molecule has 1 aliphatic heterocycles. The standard InChI is InChI=1S/C24H30N4O3.ClH/c1-26-8-3-9-28(11-10-26)14-18-12-20-23(31-18)21(15-27(2)24(20)29)19-6-7-25-13-22(19)30-16-17-4-5-17;/h6-7,12-13,15,17H,3-5,8-11,14,16H2,1-2H3;1H. The highest BCUT2D eigenvalue weighted by Crippen LogP contribution is 2.36. The maximum Gasteiger partial charge on any atom is 0.261 e. The van der Waals surface area contributed by atoms with Crippen LogP contribution >= 0.6 is 12.4 Å². The van der Waals surface area contributed by atoms with Crippen molar-refractivity contribution in [2.45, 2.75) is 25.8 Å². The SMILES string of the molecule is CN1CCCN(Cc2cc3c(=O)n(C)cc(-c4ccncc4OCC4CC4)c3o2)CC1.Cl. The monoisotopic (exact) mass is 458 g/mol. The first-order valence-electron chi connectivity index (χ1n) is 11.2. The highest BCUT2D eigenvalue weighted by molar-refractivity contribution is 5.93. The molecule has 7 nitrogen and oxygen atoms in total. The zero-order valence-corrected chi connectivity index (χ0v) is 19.6. The van der Waals surface area contributed by atoms with Gasteiger partial charge >= 0.3 is 0 Å². The van der Waals surface area contributed by atoms with Crippen LogP contribution in [0.15, 0.2) is 39.9 Å². The summed E-state index contributed by atoms with van der Waals surface area (Å²) in [5.41, 5.74) is 2.37. The van der Waals surface area contributed by atoms with Gasteiger partial charge < -0.3 is 18.6 Å². The molecule has 5 rings (SSSR count). The van der Waals surface area contributed by atoms with Crippen LogP contribution in [0.3, 0.4) is 0 Å². The van der Waals surface area contributed by atoms with Crippen LogP contribution in [0.5, 0.6) is 5.75 Å². The van der Waals surface area contributed by atoms with E-state index >= 15 is 0 Å². The second-order valence-electron chi connectivity index (χ2n) is 8.97. The van der Waals surface area contributed by atoms with Crippen molar-refractivity contribution in [2.75, 3.05) is 39.8 Å². The Morgan fingerprint density at radius 1 is 1.16 bits per heavy atom. The molecule has 8 heteroatoms. The second kappa shape index (κ2) is 9.65. The van der Waals surface area contributed by atoms with Crippen molar-refractivity contribution in [3.8, 4) is 16.9 Å². The molecule has 0 bridgehead atoms. The molecule has 4 heterocycles. The molecular formula is C24H31ClN4O3. The molecule has 1 saturated carbocycles. The molecular weight excluding hydrogens is 428 g/mol. The van der Waals surface area contributed by atoms with E-state index < -0.39 is 0 Å². The number of rotatable bonds is 6. The number of hydrogen-bond donors (Lipinski definition) is 0. The summed E-state index contributed by atoms with van der Waals surface area (Å²) in [6.07, 6.45) is 8.96. The smallest absolute Gasteiger partial charge is 0.261 e. The van der Waals surface area contributed by atoms with Crippen LogP contribution in [0.4, 0.5) is 0 Å². The molecule has 0 atom stereocenters. The third kappa shape index (κ3) is 4.85. The molecule has 0 unspecified atom stereocenters. The topological polar surface area (TPSA) is 63.7 Å². The third-order valence-electron chi connectivity index (χ3n) is 6.34. The van der Waals surface area contributed by atoms with Crippen LogP contribution in [-0.4, -0.2) is 59.2 Å². The molecule has 32 heavy (non-hydrogen) atoms. The van der Waals surface area contributed by atoms with Crippen LogP contribution in [-0.2, 0) is 13.6 Å². The van der Waals surface area contributed by atoms with E-state index in [0.29, 0.717) is 30.0 Å². The van der Waals surface area contributed by atoms with Gasteiger partial charge in [0.15, 0.2) is 0 Å². The van der Waals surface area contributed by atoms with Gasteiger partial charge in [-0.25, -0.2) is 0 Å². The Balaban J connectivity index is 0.00000245. The fourth-order valence-corrected chi connectivity index (χ4v) is 4.26. The number of halogens is 1. The highest BCUT2D eigenvalue weighted by Gasteiger charge is 2.24. The Bertz CT molecular complexity index is 1140. The summed E-state index contributed by atoms with van der Waals surface area (Å²) in [7, 11) is 3.95. The Labute approximate surface area is 194 Å². The van der Waals surface area contributed by atoms with Crippen molar-refractivity contribution in [1.82, 2.24) is 19.4 Å². The summed E-state index contributed by atoms with van der Waals surface area (Å²) in [6.45, 7) is 5.63. The summed E-state index contributed by atoms with van der Waals surface area (Å²) in [6, 6.07) is 3.86. The van der Waals surface area contributed by atoms with Crippen molar-refractivity contribution in [2.24, 2.45) is 13.0 Å². The molecule has 2 fully saturated rings. The van der Waals surface area contributed by atoms with Gasteiger partial charge in [0, 0.05) is 43.7 Å². The molecule has 3 aromatic rings. The number of ether oxygens (including phenoxy) is 1. The van der Waals surface area contributed by atoms with Crippen molar-refractivity contribution in [3.63, 3.8) is 0 Å². The van der Waals surface area contributed by atoms with Gasteiger partial charge in [-0.2, -0.15) is 0 Å². The number of hydrogen-bond acceptors (Lipinski definition) is 6. The van der Waals surface area contributed by atoms with Gasteiger partial charge in [-0.1, -0.05) is 0 Å². The second-order valence-corrected chi connectivity index (χ2v) is 8.97. The quantitative estimate of drug-likeness (QED) is 0.563. The predicted molar refractivity (Wildman–Crippen MR) is 128 cm³/mol. The summed E-state index contributed by atoms with van der Waals surface area (Å²) >= 11 is 0. The van der Waals surface area contributed by atoms with Crippen LogP contribution < -0.4 is 10.3 Å². The van der Waals surface area contributed by atoms with Crippen molar-refractivity contribution in [1.29, 1.82) is 0 Å². The molecule has 0 spiro atoms. The lowest BCUT2D eigenvalue weighted by Crippen LogP contribution is -2.28. The lowest BCUT2D eigenvalue weighted by Gasteiger charge is -2.18. The first-order chi connectivity index (χ1) is 15.1. The van der Waals surface area contributed by atoms with Gasteiger partial charge in [0.05, 0.1) is 24.7 Å². The van der Waals surface area contributed by atoms with E-state index in [-0.39, 0.29) is 18.0 Å². The number of aryl methyl sites for hydroxylation is 1. The molecule has 0 N–H and O–H groups in total. The first-order valence-corrected chi connectivity index (χ1v) is 11.2. The Kier molecular flexibility index (Phi) is 6.88. The van der Waals surface area contributed by atoms with E-state index in [0.717, 1.165) is 55.2 Å². The van der Waals surface area contributed by atoms with Crippen LogP contribution in [0.2, 0.25) is 0 Å². The van der Waals surface area contributed by atoms with Gasteiger partial charge in [0.1, 0.15) is 17.1 Å². The number of furan rings is 1. The number of pyridine rings is 2. The highest BCUT2D eigenvalue weighted by atomic mass is 35.5. The summed E-state index contributed by atoms with van der Waals surface area (Å²) in [4.78, 5) is 21.9. The van der Waals surface area contributed by atoms with Gasteiger partial charge in [0.25, 0.3) is 5.56 Å². The maximum atomic E-state index is 12.9. The fraction of sp³-hybridized carbons (Fsp3) is 0.500. The van der Waals surface area contributed by atoms with Crippen LogP contribution in [0, 0.1) is 5.92 Å². The molecule has 2 aliphatic rings. The largest absolute Gasteiger partial charge is 0.491 e. The van der Waals surface area contributed by atoms with Crippen LogP contribution in [0.1, 0.15) is 25.0 Å². The fourth-order valence-electron chi connectivity index (χ4n) is 4.26. The molecule has 172 valence electrons. The van der Waals surface area contributed by atoms with Gasteiger partial charge in [-0.3, -0.25) is 14.7 Å². The predicted octanol–water partition coefficient (Wildman–Crippen LogP) is 3.54. The molecule has 0 aromatic carbocycles. The lowest BCUT2D eigenvalue weighted by atomic mass is 10.1. The number of nitrogens with zero attached hydrogens (tertiary/aromatic N) is 4. The van der Waals surface area contributed by atoms with E-state index in [1.807, 2.05) is 18.3 Å². The molecule has 1 aliphatic carbocycles. The molecule has 0 amide bonds. The summed E-state index contributed by atoms with van der Waals surface area (Å²) in [5, 5.41) is 0.617. The minimum atomic E-state index is -0.0427. The average molecular weight is 459 g/mol.